The molecule has 2 heteroatoms. The van der Waals surface area contributed by atoms with Gasteiger partial charge in [-0.3, -0.25) is 4.98 Å². The van der Waals surface area contributed by atoms with Crippen molar-refractivity contribution in [3.05, 3.63) is 66.0 Å². The quantitative estimate of drug-likeness (QED) is 0.789. The van der Waals surface area contributed by atoms with Crippen molar-refractivity contribution in [2.24, 2.45) is 0 Å². The molecule has 1 N–H and O–H groups in total. The summed E-state index contributed by atoms with van der Waals surface area (Å²) < 4.78 is 0. The van der Waals surface area contributed by atoms with Crippen LogP contribution in [0.25, 0.3) is 0 Å². The second-order valence-electron chi connectivity index (χ2n) is 5.25. The normalized spacial score (nSPS) is 13.9. The molecule has 2 aromatic rings. The van der Waals surface area contributed by atoms with Gasteiger partial charge in [-0.05, 0) is 31.0 Å². The minimum atomic E-state index is 0.262. The summed E-state index contributed by atoms with van der Waals surface area (Å²) in [5.41, 5.74) is 2.47. The van der Waals surface area contributed by atoms with E-state index in [1.807, 2.05) is 18.3 Å². The van der Waals surface area contributed by atoms with E-state index in [9.17, 15) is 0 Å². The number of unbranched alkanes of at least 4 members (excludes halogenated alkanes) is 1. The summed E-state index contributed by atoms with van der Waals surface area (Å²) in [5, 5.41) is 3.72. The fourth-order valence-corrected chi connectivity index (χ4v) is 2.46. The molecule has 0 aliphatic heterocycles. The number of nitrogens with zero attached hydrogens (tertiary/aromatic N) is 1. The maximum Gasteiger partial charge on any atom is 0.0570 e. The molecule has 1 aromatic carbocycles. The molecule has 106 valence electrons. The van der Waals surface area contributed by atoms with E-state index in [1.165, 1.54) is 18.4 Å². The highest BCUT2D eigenvalue weighted by Crippen LogP contribution is 2.23. The first kappa shape index (κ1) is 14.7. The van der Waals surface area contributed by atoms with Crippen LogP contribution in [0.4, 0.5) is 0 Å². The van der Waals surface area contributed by atoms with Gasteiger partial charge in [0.15, 0.2) is 0 Å². The number of hydrogen-bond donors (Lipinski definition) is 1. The maximum atomic E-state index is 4.44. The number of benzene rings is 1. The Balaban J connectivity index is 2.08. The van der Waals surface area contributed by atoms with E-state index in [2.05, 4.69) is 60.5 Å². The van der Waals surface area contributed by atoms with Crippen molar-refractivity contribution < 1.29 is 0 Å². The van der Waals surface area contributed by atoms with Gasteiger partial charge in [0, 0.05) is 18.3 Å². The van der Waals surface area contributed by atoms with Crippen molar-refractivity contribution in [2.45, 2.75) is 45.2 Å². The van der Waals surface area contributed by atoms with Crippen LogP contribution in [0, 0.1) is 0 Å². The Kier molecular flexibility index (Phi) is 5.75. The molecular formula is C18H24N2. The predicted octanol–water partition coefficient (Wildman–Crippen LogP) is 4.66. The van der Waals surface area contributed by atoms with E-state index in [1.54, 1.807) is 0 Å². The molecule has 1 unspecified atom stereocenters. The number of rotatable bonds is 7. The summed E-state index contributed by atoms with van der Waals surface area (Å²) in [6.07, 6.45) is 5.49. The zero-order valence-electron chi connectivity index (χ0n) is 12.4. The first-order chi connectivity index (χ1) is 9.81. The molecule has 20 heavy (non-hydrogen) atoms. The van der Waals surface area contributed by atoms with Crippen LogP contribution in [0.2, 0.25) is 0 Å². The van der Waals surface area contributed by atoms with Crippen molar-refractivity contribution in [1.82, 2.24) is 10.3 Å². The Morgan fingerprint density at radius 2 is 1.80 bits per heavy atom. The van der Waals surface area contributed by atoms with Gasteiger partial charge in [0.2, 0.25) is 0 Å². The van der Waals surface area contributed by atoms with Crippen LogP contribution in [0.5, 0.6) is 0 Å². The van der Waals surface area contributed by atoms with Crippen LogP contribution in [-0.2, 0) is 0 Å². The van der Waals surface area contributed by atoms with Gasteiger partial charge >= 0.3 is 0 Å². The molecule has 1 aromatic heterocycles. The van der Waals surface area contributed by atoms with Gasteiger partial charge < -0.3 is 5.32 Å². The summed E-state index contributed by atoms with van der Waals surface area (Å²) in [7, 11) is 0. The third-order valence-electron chi connectivity index (χ3n) is 3.63. The lowest BCUT2D eigenvalue weighted by Gasteiger charge is -2.23. The van der Waals surface area contributed by atoms with Crippen molar-refractivity contribution in [1.29, 1.82) is 0 Å². The van der Waals surface area contributed by atoms with Crippen molar-refractivity contribution in [3.63, 3.8) is 0 Å². The van der Waals surface area contributed by atoms with Crippen LogP contribution in [0.1, 0.15) is 56.5 Å². The molecule has 0 saturated carbocycles. The molecule has 2 rings (SSSR count). The molecule has 2 nitrogen and oxygen atoms in total. The van der Waals surface area contributed by atoms with Crippen LogP contribution in [0.3, 0.4) is 0 Å². The van der Waals surface area contributed by atoms with Gasteiger partial charge in [-0.1, -0.05) is 56.2 Å². The first-order valence-electron chi connectivity index (χ1n) is 7.53. The zero-order valence-corrected chi connectivity index (χ0v) is 12.4. The fourth-order valence-electron chi connectivity index (χ4n) is 2.46. The third kappa shape index (κ3) is 4.17. The lowest BCUT2D eigenvalue weighted by molar-refractivity contribution is 0.426. The lowest BCUT2D eigenvalue weighted by Crippen LogP contribution is -2.25. The smallest absolute Gasteiger partial charge is 0.0570 e. The van der Waals surface area contributed by atoms with E-state index in [0.717, 1.165) is 12.1 Å². The summed E-state index contributed by atoms with van der Waals surface area (Å²) in [4.78, 5) is 4.44. The molecule has 0 saturated heterocycles. The van der Waals surface area contributed by atoms with E-state index in [0.29, 0.717) is 6.04 Å². The number of hydrogen-bond acceptors (Lipinski definition) is 2. The summed E-state index contributed by atoms with van der Waals surface area (Å²) in [6.45, 7) is 4.43. The zero-order chi connectivity index (χ0) is 14.2. The molecule has 1 heterocycles. The van der Waals surface area contributed by atoms with Gasteiger partial charge in [0.1, 0.15) is 0 Å². The van der Waals surface area contributed by atoms with Gasteiger partial charge in [-0.25, -0.2) is 0 Å². The second-order valence-corrected chi connectivity index (χ2v) is 5.25. The Labute approximate surface area is 122 Å². The Morgan fingerprint density at radius 1 is 1.05 bits per heavy atom. The monoisotopic (exact) mass is 268 g/mol. The first-order valence-corrected chi connectivity index (χ1v) is 7.53. The molecule has 0 aliphatic carbocycles. The van der Waals surface area contributed by atoms with Crippen LogP contribution >= 0.6 is 0 Å². The van der Waals surface area contributed by atoms with E-state index in [-0.39, 0.29) is 6.04 Å². The van der Waals surface area contributed by atoms with Crippen molar-refractivity contribution >= 4 is 0 Å². The Bertz CT molecular complexity index is 481. The number of pyridine rings is 1. The van der Waals surface area contributed by atoms with Crippen LogP contribution < -0.4 is 5.32 Å². The highest BCUT2D eigenvalue weighted by Gasteiger charge is 2.15. The van der Waals surface area contributed by atoms with Crippen LogP contribution in [0.15, 0.2) is 54.7 Å². The Morgan fingerprint density at radius 3 is 2.45 bits per heavy atom. The largest absolute Gasteiger partial charge is 0.302 e. The topological polar surface area (TPSA) is 24.9 Å². The van der Waals surface area contributed by atoms with Gasteiger partial charge in [0.25, 0.3) is 0 Å². The summed E-state index contributed by atoms with van der Waals surface area (Å²) in [6, 6.07) is 17.5. The SMILES string of the molecule is CCCCC(N[C@H](C)c1ccccn1)c1ccccc1. The number of aromatic nitrogens is 1. The molecule has 0 radical (unpaired) electrons. The lowest BCUT2D eigenvalue weighted by atomic mass is 10.00. The number of nitrogens with one attached hydrogen (secondary N) is 1. The predicted molar refractivity (Wildman–Crippen MR) is 84.5 cm³/mol. The third-order valence-corrected chi connectivity index (χ3v) is 3.63. The van der Waals surface area contributed by atoms with Crippen LogP contribution in [-0.4, -0.2) is 4.98 Å². The molecule has 0 aliphatic rings. The molecular weight excluding hydrogens is 244 g/mol. The summed E-state index contributed by atoms with van der Waals surface area (Å²) >= 11 is 0. The molecule has 0 amide bonds. The van der Waals surface area contributed by atoms with E-state index >= 15 is 0 Å². The summed E-state index contributed by atoms with van der Waals surface area (Å²) in [5.74, 6) is 0. The second kappa shape index (κ2) is 7.81. The standard InChI is InChI=1S/C18H24N2/c1-3-4-12-18(16-10-6-5-7-11-16)20-15(2)17-13-8-9-14-19-17/h5-11,13-15,18,20H,3-4,12H2,1-2H3/t15-,18?/m1/s1. The van der Waals surface area contributed by atoms with Crippen molar-refractivity contribution in [2.75, 3.05) is 0 Å². The van der Waals surface area contributed by atoms with Gasteiger partial charge in [-0.2, -0.15) is 0 Å². The minimum Gasteiger partial charge on any atom is -0.302 e. The molecule has 0 bridgehead atoms. The van der Waals surface area contributed by atoms with Crippen molar-refractivity contribution in [3.8, 4) is 0 Å². The average Bonchev–Trinajstić information content (AvgIpc) is 2.53. The van der Waals surface area contributed by atoms with E-state index in [4.69, 9.17) is 0 Å². The van der Waals surface area contributed by atoms with Gasteiger partial charge in [0.05, 0.1) is 5.69 Å². The Hall–Kier alpha value is -1.67. The average molecular weight is 268 g/mol. The molecule has 0 spiro atoms. The minimum absolute atomic E-state index is 0.262. The fraction of sp³-hybridized carbons (Fsp3) is 0.389. The maximum absolute atomic E-state index is 4.44. The highest BCUT2D eigenvalue weighted by molar-refractivity contribution is 5.19. The van der Waals surface area contributed by atoms with E-state index < -0.39 is 0 Å². The molecule has 2 atom stereocenters. The van der Waals surface area contributed by atoms with Gasteiger partial charge in [-0.15, -0.1) is 0 Å². The molecule has 0 fully saturated rings. The highest BCUT2D eigenvalue weighted by atomic mass is 15.0.